The van der Waals surface area contributed by atoms with Crippen molar-refractivity contribution >= 4 is 34.2 Å². The molecule has 2 nitrogen and oxygen atoms in total. The minimum Gasteiger partial charge on any atom is -0.322 e. The van der Waals surface area contributed by atoms with Gasteiger partial charge in [0, 0.05) is 9.26 Å². The highest BCUT2D eigenvalue weighted by Crippen LogP contribution is 2.21. The minimum absolute atomic E-state index is 0.0857. The second-order valence-corrected chi connectivity index (χ2v) is 6.04. The second-order valence-electron chi connectivity index (χ2n) is 4.88. The highest BCUT2D eigenvalue weighted by molar-refractivity contribution is 14.1. The number of hydrogen-bond donors (Lipinski definition) is 1. The third-order valence-electron chi connectivity index (χ3n) is 3.37. The molecule has 0 aliphatic carbocycles. The van der Waals surface area contributed by atoms with Gasteiger partial charge in [-0.2, -0.15) is 0 Å². The van der Waals surface area contributed by atoms with Crippen molar-refractivity contribution < 1.29 is 4.79 Å². The van der Waals surface area contributed by atoms with Gasteiger partial charge in [0.05, 0.1) is 5.56 Å². The van der Waals surface area contributed by atoms with Crippen LogP contribution in [0.5, 0.6) is 0 Å². The molecule has 1 N–H and O–H groups in total. The molecule has 0 saturated heterocycles. The maximum absolute atomic E-state index is 12.3. The number of halogens is 1. The Labute approximate surface area is 143 Å². The Hall–Kier alpha value is -2.14. The maximum Gasteiger partial charge on any atom is 0.256 e. The van der Waals surface area contributed by atoms with Gasteiger partial charge in [0.2, 0.25) is 0 Å². The number of anilines is 1. The molecule has 3 rings (SSSR count). The highest BCUT2D eigenvalue weighted by atomic mass is 127. The van der Waals surface area contributed by atoms with E-state index in [1.54, 1.807) is 0 Å². The third kappa shape index (κ3) is 3.36. The fourth-order valence-corrected chi connectivity index (χ4v) is 2.85. The second kappa shape index (κ2) is 6.75. The number of carbonyl (C=O) groups is 1. The van der Waals surface area contributed by atoms with E-state index in [1.165, 1.54) is 0 Å². The molecule has 3 aromatic carbocycles. The molecule has 0 aromatic heterocycles. The first-order valence-electron chi connectivity index (χ1n) is 6.95. The summed E-state index contributed by atoms with van der Waals surface area (Å²) >= 11 is 2.17. The molecule has 0 bridgehead atoms. The van der Waals surface area contributed by atoms with Crippen molar-refractivity contribution in [3.8, 4) is 11.1 Å². The third-order valence-corrected chi connectivity index (χ3v) is 4.31. The van der Waals surface area contributed by atoms with Crippen molar-refractivity contribution in [1.29, 1.82) is 0 Å². The number of nitrogens with one attached hydrogen (secondary N) is 1. The summed E-state index contributed by atoms with van der Waals surface area (Å²) in [6.07, 6.45) is 0. The molecule has 3 heteroatoms. The fraction of sp³-hybridized carbons (Fsp3) is 0. The van der Waals surface area contributed by atoms with Crippen molar-refractivity contribution in [3.63, 3.8) is 0 Å². The molecule has 0 heterocycles. The molecule has 0 spiro atoms. The Kier molecular flexibility index (Phi) is 4.53. The van der Waals surface area contributed by atoms with E-state index in [4.69, 9.17) is 0 Å². The standard InChI is InChI=1S/C19H14INO/c20-18-9-5-4-8-17(18)19(22)21-16-12-10-15(11-13-16)14-6-2-1-3-7-14/h1-13H,(H,21,22). The highest BCUT2D eigenvalue weighted by Gasteiger charge is 2.09. The average Bonchev–Trinajstić information content (AvgIpc) is 2.57. The normalized spacial score (nSPS) is 10.2. The lowest BCUT2D eigenvalue weighted by molar-refractivity contribution is 0.102. The first-order valence-corrected chi connectivity index (χ1v) is 8.03. The van der Waals surface area contributed by atoms with E-state index in [2.05, 4.69) is 40.0 Å². The van der Waals surface area contributed by atoms with E-state index in [1.807, 2.05) is 66.7 Å². The predicted octanol–water partition coefficient (Wildman–Crippen LogP) is 5.21. The fourth-order valence-electron chi connectivity index (χ4n) is 2.22. The van der Waals surface area contributed by atoms with Crippen LogP contribution in [0.25, 0.3) is 11.1 Å². The van der Waals surface area contributed by atoms with E-state index < -0.39 is 0 Å². The average molecular weight is 399 g/mol. The smallest absolute Gasteiger partial charge is 0.256 e. The summed E-state index contributed by atoms with van der Waals surface area (Å²) in [6.45, 7) is 0. The molecule has 0 aliphatic heterocycles. The van der Waals surface area contributed by atoms with Crippen LogP contribution in [0.15, 0.2) is 78.9 Å². The van der Waals surface area contributed by atoms with Gasteiger partial charge in [-0.05, 0) is 58.0 Å². The molecule has 0 aliphatic rings. The van der Waals surface area contributed by atoms with E-state index >= 15 is 0 Å². The van der Waals surface area contributed by atoms with Crippen LogP contribution in [0.3, 0.4) is 0 Å². The molecule has 0 radical (unpaired) electrons. The van der Waals surface area contributed by atoms with Crippen LogP contribution >= 0.6 is 22.6 Å². The zero-order valence-corrected chi connectivity index (χ0v) is 13.9. The summed E-state index contributed by atoms with van der Waals surface area (Å²) in [6, 6.07) is 25.6. The van der Waals surface area contributed by atoms with Crippen molar-refractivity contribution in [2.75, 3.05) is 5.32 Å². The van der Waals surface area contributed by atoms with Crippen molar-refractivity contribution in [3.05, 3.63) is 88.0 Å². The van der Waals surface area contributed by atoms with Gasteiger partial charge < -0.3 is 5.32 Å². The molecule has 0 atom stereocenters. The molecular weight excluding hydrogens is 385 g/mol. The lowest BCUT2D eigenvalue weighted by Crippen LogP contribution is -2.13. The molecule has 0 saturated carbocycles. The summed E-state index contributed by atoms with van der Waals surface area (Å²) in [5.74, 6) is -0.0857. The molecule has 108 valence electrons. The van der Waals surface area contributed by atoms with Gasteiger partial charge in [-0.15, -0.1) is 0 Å². The van der Waals surface area contributed by atoms with Gasteiger partial charge in [0.1, 0.15) is 0 Å². The number of hydrogen-bond acceptors (Lipinski definition) is 1. The molecule has 3 aromatic rings. The number of benzene rings is 3. The lowest BCUT2D eigenvalue weighted by Gasteiger charge is -2.08. The number of rotatable bonds is 3. The van der Waals surface area contributed by atoms with Crippen LogP contribution in [-0.4, -0.2) is 5.91 Å². The summed E-state index contributed by atoms with van der Waals surface area (Å²) in [7, 11) is 0. The van der Waals surface area contributed by atoms with Crippen LogP contribution in [0.2, 0.25) is 0 Å². The van der Waals surface area contributed by atoms with Crippen LogP contribution < -0.4 is 5.32 Å². The number of amides is 1. The van der Waals surface area contributed by atoms with Crippen LogP contribution in [0.4, 0.5) is 5.69 Å². The van der Waals surface area contributed by atoms with E-state index in [9.17, 15) is 4.79 Å². The Morgan fingerprint density at radius 3 is 2.00 bits per heavy atom. The van der Waals surface area contributed by atoms with Gasteiger partial charge in [-0.1, -0.05) is 54.6 Å². The first-order chi connectivity index (χ1) is 10.7. The SMILES string of the molecule is O=C(Nc1ccc(-c2ccccc2)cc1)c1ccccc1I. The summed E-state index contributed by atoms with van der Waals surface area (Å²) in [5, 5.41) is 2.93. The van der Waals surface area contributed by atoms with E-state index in [0.29, 0.717) is 5.56 Å². The summed E-state index contributed by atoms with van der Waals surface area (Å²) < 4.78 is 0.943. The molecule has 0 unspecified atom stereocenters. The summed E-state index contributed by atoms with van der Waals surface area (Å²) in [5.41, 5.74) is 3.78. The largest absolute Gasteiger partial charge is 0.322 e. The topological polar surface area (TPSA) is 29.1 Å². The molecule has 0 fully saturated rings. The first kappa shape index (κ1) is 14.8. The van der Waals surface area contributed by atoms with E-state index in [-0.39, 0.29) is 5.91 Å². The molecule has 22 heavy (non-hydrogen) atoms. The molecular formula is C19H14INO. The lowest BCUT2D eigenvalue weighted by atomic mass is 10.1. The van der Waals surface area contributed by atoms with Gasteiger partial charge >= 0.3 is 0 Å². The predicted molar refractivity (Wildman–Crippen MR) is 99.0 cm³/mol. The zero-order chi connectivity index (χ0) is 15.4. The number of carbonyl (C=O) groups excluding carboxylic acids is 1. The molecule has 1 amide bonds. The minimum atomic E-state index is -0.0857. The van der Waals surface area contributed by atoms with Crippen LogP contribution in [0, 0.1) is 3.57 Å². The van der Waals surface area contributed by atoms with Crippen LogP contribution in [0.1, 0.15) is 10.4 Å². The Bertz CT molecular complexity index is 782. The Morgan fingerprint density at radius 2 is 1.32 bits per heavy atom. The van der Waals surface area contributed by atoms with Gasteiger partial charge in [-0.25, -0.2) is 0 Å². The van der Waals surface area contributed by atoms with Crippen molar-refractivity contribution in [2.45, 2.75) is 0 Å². The Balaban J connectivity index is 1.77. The van der Waals surface area contributed by atoms with Crippen LogP contribution in [-0.2, 0) is 0 Å². The quantitative estimate of drug-likeness (QED) is 0.602. The zero-order valence-electron chi connectivity index (χ0n) is 11.8. The van der Waals surface area contributed by atoms with Gasteiger partial charge in [-0.3, -0.25) is 4.79 Å². The van der Waals surface area contributed by atoms with Crippen molar-refractivity contribution in [2.24, 2.45) is 0 Å². The van der Waals surface area contributed by atoms with Gasteiger partial charge in [0.15, 0.2) is 0 Å². The monoisotopic (exact) mass is 399 g/mol. The summed E-state index contributed by atoms with van der Waals surface area (Å²) in [4.78, 5) is 12.3. The van der Waals surface area contributed by atoms with Gasteiger partial charge in [0.25, 0.3) is 5.91 Å². The Morgan fingerprint density at radius 1 is 0.727 bits per heavy atom. The maximum atomic E-state index is 12.3. The van der Waals surface area contributed by atoms with Crippen molar-refractivity contribution in [1.82, 2.24) is 0 Å². The van der Waals surface area contributed by atoms with E-state index in [0.717, 1.165) is 20.4 Å².